The second kappa shape index (κ2) is 8.99. The Morgan fingerprint density at radius 2 is 1.37 bits per heavy atom. The van der Waals surface area contributed by atoms with Gasteiger partial charge in [-0.05, 0) is 24.7 Å². The molecule has 1 heterocycles. The molecule has 0 bridgehead atoms. The number of hydrogen-bond acceptors (Lipinski definition) is 2. The standard InChI is InChI=1S/C16H32O2S/c1-3-5-7-9-15(10-8-6-4-2)16-11-13-19(17,18)14-12-16/h15-16H,3-14H2,1-2H3. The van der Waals surface area contributed by atoms with Gasteiger partial charge in [-0.3, -0.25) is 0 Å². The van der Waals surface area contributed by atoms with Crippen molar-refractivity contribution in [2.45, 2.75) is 78.1 Å². The maximum atomic E-state index is 11.5. The van der Waals surface area contributed by atoms with E-state index in [9.17, 15) is 8.42 Å². The van der Waals surface area contributed by atoms with E-state index in [-0.39, 0.29) is 0 Å². The van der Waals surface area contributed by atoms with Gasteiger partial charge in [0.05, 0.1) is 11.5 Å². The van der Waals surface area contributed by atoms with Gasteiger partial charge in [0.25, 0.3) is 0 Å². The van der Waals surface area contributed by atoms with Gasteiger partial charge in [0.2, 0.25) is 0 Å². The number of unbranched alkanes of at least 4 members (excludes halogenated alkanes) is 4. The van der Waals surface area contributed by atoms with Crippen LogP contribution in [0.25, 0.3) is 0 Å². The average Bonchev–Trinajstić information content (AvgIpc) is 2.38. The summed E-state index contributed by atoms with van der Waals surface area (Å²) in [6.45, 7) is 4.50. The van der Waals surface area contributed by atoms with E-state index >= 15 is 0 Å². The quantitative estimate of drug-likeness (QED) is 0.582. The Morgan fingerprint density at radius 1 is 0.895 bits per heavy atom. The van der Waals surface area contributed by atoms with Crippen molar-refractivity contribution >= 4 is 9.84 Å². The molecule has 0 aliphatic carbocycles. The summed E-state index contributed by atoms with van der Waals surface area (Å²) in [6, 6.07) is 0. The Labute approximate surface area is 120 Å². The molecule has 0 spiro atoms. The van der Waals surface area contributed by atoms with Crippen molar-refractivity contribution < 1.29 is 8.42 Å². The molecule has 1 rings (SSSR count). The highest BCUT2D eigenvalue weighted by atomic mass is 32.2. The Kier molecular flexibility index (Phi) is 8.05. The predicted octanol–water partition coefficient (Wildman–Crippen LogP) is 4.59. The molecule has 1 fully saturated rings. The van der Waals surface area contributed by atoms with Gasteiger partial charge < -0.3 is 0 Å². The number of rotatable bonds is 9. The molecule has 0 saturated carbocycles. The van der Waals surface area contributed by atoms with Crippen LogP contribution < -0.4 is 0 Å². The summed E-state index contributed by atoms with van der Waals surface area (Å²) in [5, 5.41) is 0. The molecule has 1 aliphatic heterocycles. The molecule has 0 aromatic rings. The fourth-order valence-electron chi connectivity index (χ4n) is 3.31. The molecule has 0 unspecified atom stereocenters. The van der Waals surface area contributed by atoms with E-state index in [1.165, 1.54) is 51.4 Å². The summed E-state index contributed by atoms with van der Waals surface area (Å²) in [5.74, 6) is 2.34. The first-order chi connectivity index (χ1) is 9.09. The maximum absolute atomic E-state index is 11.5. The molecule has 1 aliphatic rings. The van der Waals surface area contributed by atoms with Crippen molar-refractivity contribution in [2.75, 3.05) is 11.5 Å². The summed E-state index contributed by atoms with van der Waals surface area (Å²) in [7, 11) is -2.70. The van der Waals surface area contributed by atoms with E-state index in [1.807, 2.05) is 0 Å². The van der Waals surface area contributed by atoms with E-state index < -0.39 is 9.84 Å². The number of sulfone groups is 1. The summed E-state index contributed by atoms with van der Waals surface area (Å²) < 4.78 is 23.1. The molecule has 114 valence electrons. The normalized spacial score (nSPS) is 19.9. The van der Waals surface area contributed by atoms with Crippen LogP contribution in [0.3, 0.4) is 0 Å². The molecule has 19 heavy (non-hydrogen) atoms. The molecule has 2 nitrogen and oxygen atoms in total. The predicted molar refractivity (Wildman–Crippen MR) is 83.2 cm³/mol. The topological polar surface area (TPSA) is 34.1 Å². The summed E-state index contributed by atoms with van der Waals surface area (Å²) in [6.07, 6.45) is 12.4. The first-order valence-electron chi connectivity index (χ1n) is 8.29. The molecule has 0 aromatic carbocycles. The van der Waals surface area contributed by atoms with Crippen molar-refractivity contribution in [3.8, 4) is 0 Å². The lowest BCUT2D eigenvalue weighted by Crippen LogP contribution is -2.28. The van der Waals surface area contributed by atoms with E-state index in [1.54, 1.807) is 0 Å². The van der Waals surface area contributed by atoms with Crippen molar-refractivity contribution in [2.24, 2.45) is 11.8 Å². The van der Waals surface area contributed by atoms with Crippen LogP contribution in [0.1, 0.15) is 78.1 Å². The first kappa shape index (κ1) is 17.0. The zero-order valence-corrected chi connectivity index (χ0v) is 13.7. The minimum Gasteiger partial charge on any atom is -0.229 e. The van der Waals surface area contributed by atoms with Crippen LogP contribution >= 0.6 is 0 Å². The lowest BCUT2D eigenvalue weighted by atomic mass is 9.80. The van der Waals surface area contributed by atoms with Crippen molar-refractivity contribution in [1.29, 1.82) is 0 Å². The highest BCUT2D eigenvalue weighted by Gasteiger charge is 2.28. The average molecular weight is 288 g/mol. The summed E-state index contributed by atoms with van der Waals surface area (Å²) in [5.41, 5.74) is 0. The van der Waals surface area contributed by atoms with E-state index in [2.05, 4.69) is 13.8 Å². The molecular weight excluding hydrogens is 256 g/mol. The van der Waals surface area contributed by atoms with E-state index in [4.69, 9.17) is 0 Å². The smallest absolute Gasteiger partial charge is 0.150 e. The van der Waals surface area contributed by atoms with Crippen LogP contribution in [0.5, 0.6) is 0 Å². The molecule has 0 atom stereocenters. The fraction of sp³-hybridized carbons (Fsp3) is 1.00. The largest absolute Gasteiger partial charge is 0.229 e. The first-order valence-corrected chi connectivity index (χ1v) is 10.1. The molecular formula is C16H32O2S. The zero-order valence-electron chi connectivity index (χ0n) is 12.9. The second-order valence-corrected chi connectivity index (χ2v) is 8.54. The van der Waals surface area contributed by atoms with Gasteiger partial charge in [-0.25, -0.2) is 8.42 Å². The fourth-order valence-corrected chi connectivity index (χ4v) is 4.84. The van der Waals surface area contributed by atoms with Gasteiger partial charge in [-0.1, -0.05) is 65.2 Å². The van der Waals surface area contributed by atoms with Crippen LogP contribution in [0.15, 0.2) is 0 Å². The third-order valence-corrected chi connectivity index (χ3v) is 6.34. The second-order valence-electron chi connectivity index (χ2n) is 6.24. The maximum Gasteiger partial charge on any atom is 0.150 e. The van der Waals surface area contributed by atoms with Crippen LogP contribution in [-0.2, 0) is 9.84 Å². The van der Waals surface area contributed by atoms with Gasteiger partial charge in [0.1, 0.15) is 9.84 Å². The SMILES string of the molecule is CCCCCC(CCCCC)C1CCS(=O)(=O)CC1. The molecule has 1 saturated heterocycles. The Balaban J connectivity index is 2.42. The van der Waals surface area contributed by atoms with Crippen LogP contribution in [0.2, 0.25) is 0 Å². The molecule has 0 amide bonds. The molecule has 0 aromatic heterocycles. The van der Waals surface area contributed by atoms with Crippen LogP contribution in [-0.4, -0.2) is 19.9 Å². The highest BCUT2D eigenvalue weighted by Crippen LogP contribution is 2.33. The van der Waals surface area contributed by atoms with Crippen molar-refractivity contribution in [3.05, 3.63) is 0 Å². The lowest BCUT2D eigenvalue weighted by molar-refractivity contribution is 0.259. The minimum atomic E-state index is -2.70. The third-order valence-electron chi connectivity index (χ3n) is 4.62. The van der Waals surface area contributed by atoms with Gasteiger partial charge in [0.15, 0.2) is 0 Å². The van der Waals surface area contributed by atoms with E-state index in [0.29, 0.717) is 17.4 Å². The Hall–Kier alpha value is -0.0500. The minimum absolute atomic E-state index is 0.440. The molecule has 0 radical (unpaired) electrons. The summed E-state index contributed by atoms with van der Waals surface area (Å²) >= 11 is 0. The van der Waals surface area contributed by atoms with E-state index in [0.717, 1.165) is 18.8 Å². The molecule has 0 N–H and O–H groups in total. The lowest BCUT2D eigenvalue weighted by Gasteiger charge is -2.30. The van der Waals surface area contributed by atoms with Gasteiger partial charge in [0, 0.05) is 0 Å². The van der Waals surface area contributed by atoms with Gasteiger partial charge >= 0.3 is 0 Å². The summed E-state index contributed by atoms with van der Waals surface area (Å²) in [4.78, 5) is 0. The Morgan fingerprint density at radius 3 is 1.79 bits per heavy atom. The molecule has 3 heteroatoms. The van der Waals surface area contributed by atoms with Crippen LogP contribution in [0.4, 0.5) is 0 Å². The third kappa shape index (κ3) is 6.78. The van der Waals surface area contributed by atoms with Crippen molar-refractivity contribution in [1.82, 2.24) is 0 Å². The van der Waals surface area contributed by atoms with Crippen molar-refractivity contribution in [3.63, 3.8) is 0 Å². The van der Waals surface area contributed by atoms with Gasteiger partial charge in [-0.15, -0.1) is 0 Å². The zero-order chi connectivity index (χ0) is 14.1. The Bertz CT molecular complexity index is 298. The van der Waals surface area contributed by atoms with Gasteiger partial charge in [-0.2, -0.15) is 0 Å². The highest BCUT2D eigenvalue weighted by molar-refractivity contribution is 7.91. The number of hydrogen-bond donors (Lipinski definition) is 0. The van der Waals surface area contributed by atoms with Crippen LogP contribution in [0, 0.1) is 11.8 Å². The monoisotopic (exact) mass is 288 g/mol.